The molecular weight excluding hydrogens is 500 g/mol. The molecule has 0 saturated carbocycles. The molecule has 0 unspecified atom stereocenters. The van der Waals surface area contributed by atoms with Crippen LogP contribution in [0.1, 0.15) is 27.0 Å². The number of hydrogen-bond donors (Lipinski definition) is 1. The lowest BCUT2D eigenvalue weighted by molar-refractivity contribution is 0.0978. The molecule has 8 nitrogen and oxygen atoms in total. The van der Waals surface area contributed by atoms with E-state index in [0.29, 0.717) is 11.4 Å². The SMILES string of the molecule is Cc1cc(C)c(Oc2nc(-c3cccc4c3ccn4C)ccc2C(=O)NS(=O)(=O)c2ccccn2)c(C)c1. The van der Waals surface area contributed by atoms with Gasteiger partial charge in [-0.15, -0.1) is 0 Å². The highest BCUT2D eigenvalue weighted by Gasteiger charge is 2.24. The lowest BCUT2D eigenvalue weighted by Gasteiger charge is -2.16. The van der Waals surface area contributed by atoms with E-state index in [1.807, 2.05) is 75.0 Å². The van der Waals surface area contributed by atoms with Crippen LogP contribution in [-0.4, -0.2) is 28.9 Å². The fraction of sp³-hybridized carbons (Fsp3) is 0.138. The van der Waals surface area contributed by atoms with E-state index < -0.39 is 15.9 Å². The number of aromatic nitrogens is 3. The molecule has 1 N–H and O–H groups in total. The van der Waals surface area contributed by atoms with Gasteiger partial charge in [-0.3, -0.25) is 4.79 Å². The molecule has 0 aliphatic heterocycles. The van der Waals surface area contributed by atoms with Crippen LogP contribution in [0.3, 0.4) is 0 Å². The van der Waals surface area contributed by atoms with Gasteiger partial charge in [-0.1, -0.05) is 35.9 Å². The summed E-state index contributed by atoms with van der Waals surface area (Å²) in [7, 11) is -2.24. The molecule has 0 saturated heterocycles. The Morgan fingerprint density at radius 2 is 1.71 bits per heavy atom. The molecule has 5 rings (SSSR count). The van der Waals surface area contributed by atoms with Gasteiger partial charge in [0.2, 0.25) is 5.88 Å². The molecule has 2 aromatic carbocycles. The van der Waals surface area contributed by atoms with E-state index in [4.69, 9.17) is 9.72 Å². The van der Waals surface area contributed by atoms with Crippen molar-refractivity contribution in [1.29, 1.82) is 0 Å². The van der Waals surface area contributed by atoms with E-state index in [1.165, 1.54) is 24.4 Å². The van der Waals surface area contributed by atoms with Crippen LogP contribution in [-0.2, 0) is 17.1 Å². The summed E-state index contributed by atoms with van der Waals surface area (Å²) in [4.78, 5) is 21.9. The van der Waals surface area contributed by atoms with Gasteiger partial charge in [-0.2, -0.15) is 8.42 Å². The van der Waals surface area contributed by atoms with Gasteiger partial charge in [0.05, 0.1) is 5.69 Å². The molecule has 0 atom stereocenters. The maximum absolute atomic E-state index is 13.3. The molecule has 0 aliphatic carbocycles. The van der Waals surface area contributed by atoms with Crippen molar-refractivity contribution < 1.29 is 17.9 Å². The number of nitrogens with one attached hydrogen (secondary N) is 1. The van der Waals surface area contributed by atoms with Crippen molar-refractivity contribution in [3.8, 4) is 22.9 Å². The molecular formula is C29H26N4O4S. The highest BCUT2D eigenvalue weighted by atomic mass is 32.2. The molecule has 0 aliphatic rings. The van der Waals surface area contributed by atoms with Crippen LogP contribution in [0.2, 0.25) is 0 Å². The minimum atomic E-state index is -4.20. The van der Waals surface area contributed by atoms with E-state index >= 15 is 0 Å². The maximum Gasteiger partial charge on any atom is 0.281 e. The first-order chi connectivity index (χ1) is 18.1. The molecule has 3 aromatic heterocycles. The number of carbonyl (C=O) groups excluding carboxylic acids is 1. The number of aryl methyl sites for hydroxylation is 4. The van der Waals surface area contributed by atoms with Gasteiger partial charge in [0, 0.05) is 35.9 Å². The standard InChI is InChI=1S/C29H26N4O4S/c1-18-16-19(2)27(20(3)17-18)37-29-23(28(34)32-38(35,36)26-10-5-6-14-30-26)11-12-24(31-29)21-8-7-9-25-22(21)13-15-33(25)4/h5-17H,1-4H3,(H,32,34). The zero-order chi connectivity index (χ0) is 27.0. The van der Waals surface area contributed by atoms with E-state index in [1.54, 1.807) is 12.1 Å². The van der Waals surface area contributed by atoms with Crippen LogP contribution < -0.4 is 9.46 Å². The first-order valence-electron chi connectivity index (χ1n) is 11.9. The number of rotatable bonds is 6. The Kier molecular flexibility index (Phi) is 6.46. The molecule has 0 radical (unpaired) electrons. The zero-order valence-corrected chi connectivity index (χ0v) is 22.2. The van der Waals surface area contributed by atoms with Gasteiger partial charge in [0.25, 0.3) is 15.9 Å². The van der Waals surface area contributed by atoms with Crippen LogP contribution in [0.4, 0.5) is 0 Å². The summed E-state index contributed by atoms with van der Waals surface area (Å²) in [5.74, 6) is -0.316. The first kappa shape index (κ1) is 25.2. The van der Waals surface area contributed by atoms with Crippen molar-refractivity contribution in [2.75, 3.05) is 0 Å². The number of benzene rings is 2. The lowest BCUT2D eigenvalue weighted by Crippen LogP contribution is -2.31. The Bertz CT molecular complexity index is 1770. The maximum atomic E-state index is 13.3. The van der Waals surface area contributed by atoms with Crippen molar-refractivity contribution in [2.24, 2.45) is 7.05 Å². The summed E-state index contributed by atoms with van der Waals surface area (Å²) in [6.45, 7) is 5.81. The van der Waals surface area contributed by atoms with Crippen molar-refractivity contribution >= 4 is 26.8 Å². The minimum absolute atomic E-state index is 0.000733. The summed E-state index contributed by atoms with van der Waals surface area (Å²) < 4.78 is 36.0. The molecule has 1 amide bonds. The Morgan fingerprint density at radius 3 is 2.42 bits per heavy atom. The van der Waals surface area contributed by atoms with Crippen LogP contribution in [0.25, 0.3) is 22.2 Å². The van der Waals surface area contributed by atoms with Gasteiger partial charge >= 0.3 is 0 Å². The highest BCUT2D eigenvalue weighted by Crippen LogP contribution is 2.34. The predicted octanol–water partition coefficient (Wildman–Crippen LogP) is 5.47. The zero-order valence-electron chi connectivity index (χ0n) is 21.4. The molecule has 0 fully saturated rings. The quantitative estimate of drug-likeness (QED) is 0.315. The van der Waals surface area contributed by atoms with E-state index in [0.717, 1.165) is 33.2 Å². The average molecular weight is 527 g/mol. The van der Waals surface area contributed by atoms with Crippen LogP contribution >= 0.6 is 0 Å². The highest BCUT2D eigenvalue weighted by molar-refractivity contribution is 7.90. The lowest BCUT2D eigenvalue weighted by atomic mass is 10.1. The number of sulfonamides is 1. The molecule has 38 heavy (non-hydrogen) atoms. The number of pyridine rings is 2. The molecule has 192 valence electrons. The van der Waals surface area contributed by atoms with Gasteiger partial charge in [0.1, 0.15) is 11.3 Å². The van der Waals surface area contributed by atoms with Crippen LogP contribution in [0.5, 0.6) is 11.6 Å². The fourth-order valence-electron chi connectivity index (χ4n) is 4.53. The summed E-state index contributed by atoms with van der Waals surface area (Å²) in [5, 5.41) is 0.729. The van der Waals surface area contributed by atoms with E-state index in [9.17, 15) is 13.2 Å². The average Bonchev–Trinajstić information content (AvgIpc) is 3.27. The summed E-state index contributed by atoms with van der Waals surface area (Å²) >= 11 is 0. The smallest absolute Gasteiger partial charge is 0.281 e. The van der Waals surface area contributed by atoms with Crippen molar-refractivity contribution in [3.05, 3.63) is 101 Å². The fourth-order valence-corrected chi connectivity index (χ4v) is 5.44. The Hall–Kier alpha value is -4.50. The van der Waals surface area contributed by atoms with Gasteiger partial charge < -0.3 is 9.30 Å². The molecule has 0 bridgehead atoms. The predicted molar refractivity (Wildman–Crippen MR) is 146 cm³/mol. The Morgan fingerprint density at radius 1 is 0.947 bits per heavy atom. The van der Waals surface area contributed by atoms with Gasteiger partial charge in [-0.25, -0.2) is 14.7 Å². The number of fused-ring (bicyclic) bond motifs is 1. The summed E-state index contributed by atoms with van der Waals surface area (Å²) in [5.41, 5.74) is 5.26. The molecule has 9 heteroatoms. The Labute approximate surface area is 221 Å². The second kappa shape index (κ2) is 9.75. The van der Waals surface area contributed by atoms with Crippen LogP contribution in [0, 0.1) is 20.8 Å². The Balaban J connectivity index is 1.62. The monoisotopic (exact) mass is 526 g/mol. The number of amides is 1. The van der Waals surface area contributed by atoms with Crippen molar-refractivity contribution in [2.45, 2.75) is 25.8 Å². The largest absolute Gasteiger partial charge is 0.438 e. The van der Waals surface area contributed by atoms with Crippen molar-refractivity contribution in [3.63, 3.8) is 0 Å². The third-order valence-electron chi connectivity index (χ3n) is 6.25. The van der Waals surface area contributed by atoms with Crippen LogP contribution in [0.15, 0.2) is 84.1 Å². The normalized spacial score (nSPS) is 11.5. The van der Waals surface area contributed by atoms with E-state index in [2.05, 4.69) is 9.71 Å². The number of ether oxygens (including phenoxy) is 1. The van der Waals surface area contributed by atoms with Crippen molar-refractivity contribution in [1.82, 2.24) is 19.3 Å². The minimum Gasteiger partial charge on any atom is -0.438 e. The van der Waals surface area contributed by atoms with Gasteiger partial charge in [0.15, 0.2) is 5.03 Å². The first-order valence-corrected chi connectivity index (χ1v) is 13.4. The number of carbonyl (C=O) groups is 1. The van der Waals surface area contributed by atoms with E-state index in [-0.39, 0.29) is 16.5 Å². The molecule has 5 aromatic rings. The second-order valence-corrected chi connectivity index (χ2v) is 10.8. The third kappa shape index (κ3) is 4.76. The number of hydrogen-bond acceptors (Lipinski definition) is 6. The summed E-state index contributed by atoms with van der Waals surface area (Å²) in [6, 6.07) is 19.5. The second-order valence-electron chi connectivity index (χ2n) is 9.15. The molecule has 0 spiro atoms. The summed E-state index contributed by atoms with van der Waals surface area (Å²) in [6.07, 6.45) is 3.31. The molecule has 3 heterocycles. The third-order valence-corrected chi connectivity index (χ3v) is 7.50. The topological polar surface area (TPSA) is 103 Å². The number of nitrogens with zero attached hydrogens (tertiary/aromatic N) is 3. The van der Waals surface area contributed by atoms with Gasteiger partial charge in [-0.05, 0) is 68.3 Å².